The van der Waals surface area contributed by atoms with E-state index in [1.807, 2.05) is 26.8 Å². The number of ether oxygens (including phenoxy) is 2. The topological polar surface area (TPSA) is 110 Å². The summed E-state index contributed by atoms with van der Waals surface area (Å²) in [5.41, 5.74) is -2.33. The molecular weight excluding hydrogens is 508 g/mol. The van der Waals surface area contributed by atoms with Crippen molar-refractivity contribution in [2.75, 3.05) is 6.61 Å². The smallest absolute Gasteiger partial charge is 0.338 e. The Kier molecular flexibility index (Phi) is 6.94. The zero-order chi connectivity index (χ0) is 29.4. The summed E-state index contributed by atoms with van der Waals surface area (Å²) >= 11 is 0. The molecule has 4 aliphatic rings. The van der Waals surface area contributed by atoms with E-state index in [4.69, 9.17) is 9.47 Å². The summed E-state index contributed by atoms with van der Waals surface area (Å²) in [4.78, 5) is 40.4. The van der Waals surface area contributed by atoms with E-state index in [0.29, 0.717) is 23.1 Å². The molecule has 0 amide bonds. The van der Waals surface area contributed by atoms with Crippen molar-refractivity contribution in [2.24, 2.45) is 46.3 Å². The van der Waals surface area contributed by atoms with Crippen LogP contribution in [0.25, 0.3) is 0 Å². The Labute approximate surface area is 236 Å². The van der Waals surface area contributed by atoms with Gasteiger partial charge in [-0.15, -0.1) is 0 Å². The highest BCUT2D eigenvalue weighted by atomic mass is 16.6. The van der Waals surface area contributed by atoms with Crippen LogP contribution in [0.2, 0.25) is 0 Å². The number of Topliss-reactive ketones (excluding diaryl/α,β-unsaturated/α-hetero) is 1. The molecule has 0 aromatic heterocycles. The Morgan fingerprint density at radius 2 is 1.75 bits per heavy atom. The Balaban J connectivity index is 1.48. The molecule has 40 heavy (non-hydrogen) atoms. The largest absolute Gasteiger partial charge is 0.461 e. The van der Waals surface area contributed by atoms with Crippen molar-refractivity contribution >= 4 is 17.7 Å². The average Bonchev–Trinajstić information content (AvgIpc) is 3.46. The maximum Gasteiger partial charge on any atom is 0.338 e. The number of benzene rings is 1. The van der Waals surface area contributed by atoms with Gasteiger partial charge in [0.2, 0.25) is 0 Å². The minimum Gasteiger partial charge on any atom is -0.461 e. The summed E-state index contributed by atoms with van der Waals surface area (Å²) < 4.78 is 11.7. The van der Waals surface area contributed by atoms with Crippen LogP contribution < -0.4 is 0 Å². The lowest BCUT2D eigenvalue weighted by Crippen LogP contribution is -2.65. The first kappa shape index (κ1) is 28.7. The van der Waals surface area contributed by atoms with Gasteiger partial charge in [0, 0.05) is 11.3 Å². The Morgan fingerprint density at radius 1 is 1.10 bits per heavy atom. The fraction of sp³-hybridized carbons (Fsp3) is 0.606. The highest BCUT2D eigenvalue weighted by Gasteiger charge is 2.77. The quantitative estimate of drug-likeness (QED) is 0.396. The number of hydrogen-bond acceptors (Lipinski definition) is 7. The third-order valence-corrected chi connectivity index (χ3v) is 10.8. The summed E-state index contributed by atoms with van der Waals surface area (Å²) in [6.07, 6.45) is 1.63. The first-order valence-electron chi connectivity index (χ1n) is 14.5. The van der Waals surface area contributed by atoms with Gasteiger partial charge in [-0.05, 0) is 67.2 Å². The van der Waals surface area contributed by atoms with Crippen LogP contribution in [0.4, 0.5) is 0 Å². The standard InChI is InChI=1S/C33H42O7/c1-17(2)21(6)29(36)40-28-19(4)15-32-20(5)14-24-25(23(27(32)35)13-18(3)26(34)33(28,32)38)31(24,7)16-39-30(37)22-11-9-8-10-12-22/h8-13,15,17,20-21,23-26,28,34,38H,14,16H2,1-7H3/t20-,21-,23+,24-,25+,26-,28+,31-,32+,33+/m1/s1. The van der Waals surface area contributed by atoms with Gasteiger partial charge in [-0.25, -0.2) is 4.79 Å². The molecule has 216 valence electrons. The van der Waals surface area contributed by atoms with Crippen LogP contribution in [0.1, 0.15) is 65.2 Å². The molecule has 7 nitrogen and oxygen atoms in total. The predicted molar refractivity (Wildman–Crippen MR) is 149 cm³/mol. The second-order valence-corrected chi connectivity index (χ2v) is 13.4. The van der Waals surface area contributed by atoms with Crippen LogP contribution in [0.15, 0.2) is 53.6 Å². The molecule has 2 fully saturated rings. The third-order valence-electron chi connectivity index (χ3n) is 10.8. The molecule has 1 spiro atoms. The lowest BCUT2D eigenvalue weighted by atomic mass is 9.59. The number of carbonyl (C=O) groups is 3. The summed E-state index contributed by atoms with van der Waals surface area (Å²) in [5, 5.41) is 24.2. The van der Waals surface area contributed by atoms with Gasteiger partial charge in [0.25, 0.3) is 0 Å². The van der Waals surface area contributed by atoms with Crippen molar-refractivity contribution < 1.29 is 34.1 Å². The minimum absolute atomic E-state index is 0.0334. The Morgan fingerprint density at radius 3 is 2.38 bits per heavy atom. The van der Waals surface area contributed by atoms with E-state index in [9.17, 15) is 24.6 Å². The first-order valence-corrected chi connectivity index (χ1v) is 14.5. The minimum atomic E-state index is -2.03. The van der Waals surface area contributed by atoms with E-state index in [2.05, 4.69) is 6.92 Å². The predicted octanol–water partition coefficient (Wildman–Crippen LogP) is 4.52. The lowest BCUT2D eigenvalue weighted by molar-refractivity contribution is -0.205. The maximum atomic E-state index is 14.7. The number of ketones is 1. The van der Waals surface area contributed by atoms with Crippen LogP contribution in [0.5, 0.6) is 0 Å². The molecule has 1 aromatic carbocycles. The molecular formula is C33H42O7. The van der Waals surface area contributed by atoms with Gasteiger partial charge in [-0.1, -0.05) is 65.0 Å². The van der Waals surface area contributed by atoms with Crippen molar-refractivity contribution in [3.05, 3.63) is 59.2 Å². The molecule has 0 unspecified atom stereocenters. The van der Waals surface area contributed by atoms with Gasteiger partial charge in [-0.2, -0.15) is 0 Å². The zero-order valence-electron chi connectivity index (χ0n) is 24.5. The van der Waals surface area contributed by atoms with Crippen molar-refractivity contribution in [3.63, 3.8) is 0 Å². The van der Waals surface area contributed by atoms with E-state index in [1.54, 1.807) is 57.2 Å². The van der Waals surface area contributed by atoms with Crippen molar-refractivity contribution in [3.8, 4) is 0 Å². The number of rotatable bonds is 6. The van der Waals surface area contributed by atoms with Gasteiger partial charge >= 0.3 is 11.9 Å². The Hall–Kier alpha value is -2.77. The average molecular weight is 551 g/mol. The SMILES string of the molecule is CC1=C[C@@H]2C(=O)[C@]3(C=C(C)[C@H](OC(=O)[C@H](C)C(C)C)[C@@]3(O)[C@@H]1O)[C@H](C)C[C@@H]1[C@H]2[C@]1(C)COC(=O)c1ccccc1. The third kappa shape index (κ3) is 3.87. The molecule has 0 radical (unpaired) electrons. The van der Waals surface area contributed by atoms with E-state index in [0.717, 1.165) is 0 Å². The number of allylic oxidation sites excluding steroid dienone is 1. The van der Waals surface area contributed by atoms with E-state index < -0.39 is 52.4 Å². The first-order chi connectivity index (χ1) is 18.7. The molecule has 1 aromatic rings. The van der Waals surface area contributed by atoms with Gasteiger partial charge < -0.3 is 19.7 Å². The summed E-state index contributed by atoms with van der Waals surface area (Å²) in [6.45, 7) is 13.3. The zero-order valence-corrected chi connectivity index (χ0v) is 24.5. The molecule has 10 atom stereocenters. The van der Waals surface area contributed by atoms with Crippen LogP contribution in [0.3, 0.4) is 0 Å². The van der Waals surface area contributed by atoms with Gasteiger partial charge in [0.05, 0.1) is 23.5 Å². The molecule has 0 heterocycles. The molecule has 2 saturated carbocycles. The summed E-state index contributed by atoms with van der Waals surface area (Å²) in [7, 11) is 0. The maximum absolute atomic E-state index is 14.7. The van der Waals surface area contributed by atoms with Gasteiger partial charge in [-0.3, -0.25) is 9.59 Å². The van der Waals surface area contributed by atoms with Gasteiger partial charge in [0.15, 0.2) is 17.5 Å². The number of fused-ring (bicyclic) bond motifs is 3. The van der Waals surface area contributed by atoms with E-state index in [1.165, 1.54) is 0 Å². The highest BCUT2D eigenvalue weighted by molar-refractivity contribution is 5.95. The second-order valence-electron chi connectivity index (χ2n) is 13.4. The van der Waals surface area contributed by atoms with E-state index >= 15 is 0 Å². The highest BCUT2D eigenvalue weighted by Crippen LogP contribution is 2.72. The monoisotopic (exact) mass is 550 g/mol. The van der Waals surface area contributed by atoms with Crippen molar-refractivity contribution in [2.45, 2.75) is 72.7 Å². The molecule has 2 N–H and O–H groups in total. The van der Waals surface area contributed by atoms with Crippen LogP contribution >= 0.6 is 0 Å². The van der Waals surface area contributed by atoms with Crippen molar-refractivity contribution in [1.82, 2.24) is 0 Å². The van der Waals surface area contributed by atoms with Crippen LogP contribution in [-0.4, -0.2) is 52.4 Å². The molecule has 0 aliphatic heterocycles. The fourth-order valence-corrected chi connectivity index (χ4v) is 7.97. The van der Waals surface area contributed by atoms with Crippen molar-refractivity contribution in [1.29, 1.82) is 0 Å². The second kappa shape index (κ2) is 9.66. The normalized spacial score (nSPS) is 40.6. The van der Waals surface area contributed by atoms with E-state index in [-0.39, 0.29) is 36.1 Å². The molecule has 5 rings (SSSR count). The number of carbonyl (C=O) groups excluding carboxylic acids is 3. The molecule has 4 aliphatic carbocycles. The van der Waals surface area contributed by atoms with Crippen LogP contribution in [-0.2, 0) is 19.1 Å². The fourth-order valence-electron chi connectivity index (χ4n) is 7.97. The number of aliphatic hydroxyl groups is 2. The number of esters is 2. The number of hydrogen-bond donors (Lipinski definition) is 2. The molecule has 2 bridgehead atoms. The molecule has 7 heteroatoms. The van der Waals surface area contributed by atoms with Gasteiger partial charge in [0.1, 0.15) is 6.10 Å². The molecule has 0 saturated heterocycles. The van der Waals surface area contributed by atoms with Crippen LogP contribution in [0, 0.1) is 46.3 Å². The Bertz CT molecular complexity index is 1280. The lowest BCUT2D eigenvalue weighted by Gasteiger charge is -2.49. The number of aliphatic hydroxyl groups excluding tert-OH is 1. The summed E-state index contributed by atoms with van der Waals surface area (Å²) in [5.74, 6) is -2.36. The summed E-state index contributed by atoms with van der Waals surface area (Å²) in [6, 6.07) is 8.84.